The van der Waals surface area contributed by atoms with Crippen LogP contribution in [-0.4, -0.2) is 82.1 Å². The number of nitrogens with zero attached hydrogens (tertiary/aromatic N) is 4. The predicted molar refractivity (Wildman–Crippen MR) is 141 cm³/mol. The lowest BCUT2D eigenvalue weighted by Gasteiger charge is -2.17. The normalized spacial score (nSPS) is 12.9. The number of hydrogen-bond donors (Lipinski definition) is 3. The summed E-state index contributed by atoms with van der Waals surface area (Å²) in [5.74, 6) is -1.90. The van der Waals surface area contributed by atoms with E-state index in [-0.39, 0.29) is 26.1 Å². The van der Waals surface area contributed by atoms with Crippen molar-refractivity contribution >= 4 is 40.9 Å². The van der Waals surface area contributed by atoms with Crippen molar-refractivity contribution in [3.05, 3.63) is 66.5 Å². The SMILES string of the molecule is O=C(CN1C(=O)CN(CCCNn2cnc3ccccc32)C1=O)NCCC(=O)ONC(=O)OCc1ccccc1. The van der Waals surface area contributed by atoms with E-state index < -0.39 is 36.5 Å². The van der Waals surface area contributed by atoms with Gasteiger partial charge in [0.15, 0.2) is 0 Å². The van der Waals surface area contributed by atoms with Gasteiger partial charge >= 0.3 is 18.1 Å². The van der Waals surface area contributed by atoms with Crippen LogP contribution >= 0.6 is 0 Å². The Morgan fingerprint density at radius 3 is 2.58 bits per heavy atom. The molecule has 3 aromatic rings. The summed E-state index contributed by atoms with van der Waals surface area (Å²) >= 11 is 0. The van der Waals surface area contributed by atoms with Crippen molar-refractivity contribution in [2.45, 2.75) is 19.4 Å². The molecular weight excluding hydrogens is 522 g/mol. The van der Waals surface area contributed by atoms with Gasteiger partial charge in [-0.2, -0.15) is 0 Å². The number of aromatic nitrogens is 2. The average molecular weight is 552 g/mol. The lowest BCUT2D eigenvalue weighted by Crippen LogP contribution is -2.42. The summed E-state index contributed by atoms with van der Waals surface area (Å²) in [5.41, 5.74) is 7.63. The van der Waals surface area contributed by atoms with Crippen LogP contribution in [-0.2, 0) is 30.6 Å². The van der Waals surface area contributed by atoms with Crippen LogP contribution in [0.3, 0.4) is 0 Å². The molecule has 3 N–H and O–H groups in total. The van der Waals surface area contributed by atoms with E-state index in [0.717, 1.165) is 21.5 Å². The highest BCUT2D eigenvalue weighted by molar-refractivity contribution is 6.04. The minimum atomic E-state index is -0.942. The fourth-order valence-electron chi connectivity index (χ4n) is 3.88. The molecule has 5 amide bonds. The molecular formula is C26H29N7O7. The first-order valence-corrected chi connectivity index (χ1v) is 12.6. The number of imidazole rings is 1. The van der Waals surface area contributed by atoms with Crippen LogP contribution in [0.2, 0.25) is 0 Å². The molecule has 2 heterocycles. The number of carbonyl (C=O) groups excluding carboxylic acids is 5. The molecule has 1 fully saturated rings. The molecule has 1 saturated heterocycles. The maximum atomic E-state index is 12.6. The van der Waals surface area contributed by atoms with E-state index in [2.05, 4.69) is 20.6 Å². The number of para-hydroxylation sites is 2. The molecule has 4 rings (SSSR count). The number of hydrogen-bond acceptors (Lipinski definition) is 9. The monoisotopic (exact) mass is 551 g/mol. The Morgan fingerprint density at radius 2 is 1.75 bits per heavy atom. The van der Waals surface area contributed by atoms with Gasteiger partial charge in [0.1, 0.15) is 26.0 Å². The van der Waals surface area contributed by atoms with Crippen LogP contribution < -0.4 is 16.2 Å². The third-order valence-corrected chi connectivity index (χ3v) is 5.88. The van der Waals surface area contributed by atoms with Crippen molar-refractivity contribution < 1.29 is 33.5 Å². The van der Waals surface area contributed by atoms with E-state index in [1.54, 1.807) is 35.3 Å². The van der Waals surface area contributed by atoms with Crippen LogP contribution in [0.15, 0.2) is 60.9 Å². The number of nitrogens with one attached hydrogen (secondary N) is 3. The number of carbonyl (C=O) groups is 5. The predicted octanol–water partition coefficient (Wildman–Crippen LogP) is 1.13. The van der Waals surface area contributed by atoms with Gasteiger partial charge in [0.25, 0.3) is 5.91 Å². The number of rotatable bonds is 12. The second kappa shape index (κ2) is 13.6. The molecule has 1 aliphatic heterocycles. The second-order valence-corrected chi connectivity index (χ2v) is 8.79. The Hall–Kier alpha value is -5.14. The van der Waals surface area contributed by atoms with Gasteiger partial charge in [-0.15, -0.1) is 5.48 Å². The molecule has 0 bridgehead atoms. The highest BCUT2D eigenvalue weighted by Crippen LogP contribution is 2.12. The van der Waals surface area contributed by atoms with Crippen molar-refractivity contribution in [3.8, 4) is 0 Å². The lowest BCUT2D eigenvalue weighted by molar-refractivity contribution is -0.149. The Kier molecular flexibility index (Phi) is 9.48. The molecule has 1 aromatic heterocycles. The third kappa shape index (κ3) is 7.69. The van der Waals surface area contributed by atoms with E-state index in [0.29, 0.717) is 19.5 Å². The van der Waals surface area contributed by atoms with E-state index >= 15 is 0 Å². The second-order valence-electron chi connectivity index (χ2n) is 8.79. The number of benzene rings is 2. The number of imide groups is 1. The molecule has 1 aliphatic rings. The van der Waals surface area contributed by atoms with Crippen LogP contribution in [0.1, 0.15) is 18.4 Å². The Bertz CT molecular complexity index is 1360. The van der Waals surface area contributed by atoms with Gasteiger partial charge < -0.3 is 25.2 Å². The van der Waals surface area contributed by atoms with Crippen molar-refractivity contribution in [2.75, 3.05) is 38.1 Å². The Labute approximate surface area is 229 Å². The van der Waals surface area contributed by atoms with Crippen molar-refractivity contribution in [2.24, 2.45) is 0 Å². The minimum Gasteiger partial charge on any atom is -0.443 e. The van der Waals surface area contributed by atoms with Gasteiger partial charge in [0.2, 0.25) is 5.91 Å². The number of urea groups is 1. The molecule has 210 valence electrons. The highest BCUT2D eigenvalue weighted by atomic mass is 16.7. The third-order valence-electron chi connectivity index (χ3n) is 5.88. The Balaban J connectivity index is 1.08. The van der Waals surface area contributed by atoms with Crippen LogP contribution in [0.4, 0.5) is 9.59 Å². The fourth-order valence-corrected chi connectivity index (χ4v) is 3.88. The zero-order valence-corrected chi connectivity index (χ0v) is 21.6. The Morgan fingerprint density at radius 1 is 0.975 bits per heavy atom. The van der Waals surface area contributed by atoms with Crippen molar-refractivity contribution in [3.63, 3.8) is 0 Å². The number of ether oxygens (including phenoxy) is 1. The van der Waals surface area contributed by atoms with Crippen LogP contribution in [0.5, 0.6) is 0 Å². The minimum absolute atomic E-state index is 0.00543. The molecule has 2 aromatic carbocycles. The maximum absolute atomic E-state index is 12.6. The molecule has 14 heteroatoms. The summed E-state index contributed by atoms with van der Waals surface area (Å²) in [6, 6.07) is 16.1. The van der Waals surface area contributed by atoms with Gasteiger partial charge in [-0.25, -0.2) is 24.0 Å². The first-order chi connectivity index (χ1) is 19.4. The van der Waals surface area contributed by atoms with E-state index in [1.165, 1.54) is 4.90 Å². The zero-order valence-electron chi connectivity index (χ0n) is 21.6. The van der Waals surface area contributed by atoms with Gasteiger partial charge in [0, 0.05) is 19.6 Å². The topological polar surface area (TPSA) is 164 Å². The zero-order chi connectivity index (χ0) is 28.3. The quantitative estimate of drug-likeness (QED) is 0.170. The molecule has 14 nitrogen and oxygen atoms in total. The summed E-state index contributed by atoms with van der Waals surface area (Å²) in [4.78, 5) is 71.7. The molecule has 0 unspecified atom stereocenters. The van der Waals surface area contributed by atoms with Crippen LogP contribution in [0.25, 0.3) is 11.0 Å². The molecule has 0 saturated carbocycles. The molecule has 0 atom stereocenters. The molecule has 40 heavy (non-hydrogen) atoms. The highest BCUT2D eigenvalue weighted by Gasteiger charge is 2.36. The van der Waals surface area contributed by atoms with E-state index in [4.69, 9.17) is 4.74 Å². The number of hydroxylamine groups is 1. The summed E-state index contributed by atoms with van der Waals surface area (Å²) in [5, 5.41) is 2.45. The smallest absolute Gasteiger partial charge is 0.441 e. The maximum Gasteiger partial charge on any atom is 0.441 e. The summed E-state index contributed by atoms with van der Waals surface area (Å²) < 4.78 is 6.71. The van der Waals surface area contributed by atoms with E-state index in [9.17, 15) is 24.0 Å². The fraction of sp³-hybridized carbons (Fsp3) is 0.308. The van der Waals surface area contributed by atoms with Crippen LogP contribution in [0, 0.1) is 0 Å². The van der Waals surface area contributed by atoms with Gasteiger partial charge in [0.05, 0.1) is 17.5 Å². The summed E-state index contributed by atoms with van der Waals surface area (Å²) in [6.45, 7) is 0.174. The van der Waals surface area contributed by atoms with Gasteiger partial charge in [-0.05, 0) is 24.1 Å². The largest absolute Gasteiger partial charge is 0.443 e. The first kappa shape index (κ1) is 27.9. The molecule has 0 aliphatic carbocycles. The summed E-state index contributed by atoms with van der Waals surface area (Å²) in [7, 11) is 0. The van der Waals surface area contributed by atoms with Gasteiger partial charge in [-0.1, -0.05) is 42.5 Å². The number of amides is 5. The molecule has 0 radical (unpaired) electrons. The van der Waals surface area contributed by atoms with Crippen molar-refractivity contribution in [1.82, 2.24) is 30.3 Å². The van der Waals surface area contributed by atoms with Gasteiger partial charge in [-0.3, -0.25) is 14.5 Å². The summed E-state index contributed by atoms with van der Waals surface area (Å²) in [6.07, 6.45) is 1.05. The average Bonchev–Trinajstić information content (AvgIpc) is 3.49. The van der Waals surface area contributed by atoms with E-state index in [1.807, 2.05) is 35.8 Å². The number of fused-ring (bicyclic) bond motifs is 1. The standard InChI is InChI=1S/C26H29N7O7/c34-22(27-13-11-24(36)40-30-25(37)39-17-19-7-2-1-3-8-19)15-32-23(35)16-31(26(32)38)14-6-12-29-33-18-28-20-9-4-5-10-21(20)33/h1-5,7-10,18,29H,6,11-17H2,(H,27,34)(H,30,37). The first-order valence-electron chi connectivity index (χ1n) is 12.6. The van der Waals surface area contributed by atoms with Crippen molar-refractivity contribution in [1.29, 1.82) is 0 Å². The molecule has 0 spiro atoms. The lowest BCUT2D eigenvalue weighted by atomic mass is 10.2.